The molecular weight excluding hydrogens is 1210 g/mol. The summed E-state index contributed by atoms with van der Waals surface area (Å²) in [5.74, 6) is -0.824. The highest BCUT2D eigenvalue weighted by molar-refractivity contribution is 7.45. The minimum atomic E-state index is -4.65. The second-order valence-corrected chi connectivity index (χ2v) is 29.8. The van der Waals surface area contributed by atoms with Gasteiger partial charge in [-0.3, -0.25) is 14.2 Å². The number of carbonyl (C=O) groups excluding carboxylic acids is 2. The fourth-order valence-corrected chi connectivity index (χ4v) is 12.4. The van der Waals surface area contributed by atoms with E-state index in [9.17, 15) is 19.0 Å². The summed E-state index contributed by atoms with van der Waals surface area (Å²) in [4.78, 5) is 38.2. The smallest absolute Gasteiger partial charge is 0.306 e. The fraction of sp³-hybridized carbons (Fsp3) is 0.767. The maximum Gasteiger partial charge on any atom is 0.306 e. The van der Waals surface area contributed by atoms with E-state index in [1.54, 1.807) is 0 Å². The number of ether oxygens (including phenoxy) is 2. The molecule has 0 saturated heterocycles. The number of allylic oxidation sites excluding steroid dienone is 18. The Kier molecular flexibility index (Phi) is 73.2. The Balaban J connectivity index is 3.99. The molecule has 10 heteroatoms. The highest BCUT2D eigenvalue weighted by Gasteiger charge is 2.22. The highest BCUT2D eigenvalue weighted by Crippen LogP contribution is 2.38. The monoisotopic (exact) mass is 1360 g/mol. The van der Waals surface area contributed by atoms with Crippen molar-refractivity contribution in [2.24, 2.45) is 0 Å². The average Bonchev–Trinajstić information content (AvgIpc) is 1.98. The molecule has 0 heterocycles. The predicted molar refractivity (Wildman–Crippen MR) is 415 cm³/mol. The van der Waals surface area contributed by atoms with Crippen molar-refractivity contribution >= 4 is 19.8 Å². The molecule has 0 rings (SSSR count). The lowest BCUT2D eigenvalue weighted by Gasteiger charge is -2.28. The van der Waals surface area contributed by atoms with E-state index < -0.39 is 26.5 Å². The molecule has 0 amide bonds. The van der Waals surface area contributed by atoms with Crippen LogP contribution in [0.2, 0.25) is 0 Å². The van der Waals surface area contributed by atoms with Gasteiger partial charge in [0.05, 0.1) is 27.7 Å². The van der Waals surface area contributed by atoms with Crippen molar-refractivity contribution in [2.75, 3.05) is 47.5 Å². The molecule has 0 N–H and O–H groups in total. The van der Waals surface area contributed by atoms with Gasteiger partial charge in [0.2, 0.25) is 0 Å². The zero-order valence-corrected chi connectivity index (χ0v) is 64.5. The van der Waals surface area contributed by atoms with E-state index in [0.29, 0.717) is 17.4 Å². The summed E-state index contributed by atoms with van der Waals surface area (Å²) >= 11 is 0. The summed E-state index contributed by atoms with van der Waals surface area (Å²) in [7, 11) is 1.17. The zero-order valence-electron chi connectivity index (χ0n) is 63.6. The summed E-state index contributed by atoms with van der Waals surface area (Å²) in [5.41, 5.74) is 0. The predicted octanol–water partition coefficient (Wildman–Crippen LogP) is 26.5. The SMILES string of the molecule is CC/C=C\C/C=C\C/C=C\C/C=C\C/C=C\C/C=C\C/C=C\C/C=C\C/C=C\CCCCCCCCCCCCCC(=O)OC(COC(=O)CCCCCCCCCCCCCCCCCCCCCCCCCCCCCCCCCCC)COP(=O)([O-])OCC[N+](C)(C)C. The molecule has 0 aliphatic rings. The average molecular weight is 1360 g/mol. The van der Waals surface area contributed by atoms with Crippen LogP contribution in [0.1, 0.15) is 373 Å². The van der Waals surface area contributed by atoms with Crippen LogP contribution in [-0.2, 0) is 32.7 Å². The van der Waals surface area contributed by atoms with Gasteiger partial charge in [0, 0.05) is 12.8 Å². The quantitative estimate of drug-likeness (QED) is 0.0195. The van der Waals surface area contributed by atoms with Crippen LogP contribution in [0, 0.1) is 0 Å². The van der Waals surface area contributed by atoms with Crippen LogP contribution in [0.15, 0.2) is 109 Å². The van der Waals surface area contributed by atoms with Gasteiger partial charge in [-0.1, -0.05) is 386 Å². The van der Waals surface area contributed by atoms with Gasteiger partial charge in [0.1, 0.15) is 19.8 Å². The van der Waals surface area contributed by atoms with Crippen molar-refractivity contribution < 1.29 is 42.1 Å². The van der Waals surface area contributed by atoms with Crippen molar-refractivity contribution in [3.8, 4) is 0 Å². The summed E-state index contributed by atoms with van der Waals surface area (Å²) in [6.45, 7) is 4.17. The normalized spacial score (nSPS) is 13.6. The Hall–Kier alpha value is -3.33. The molecule has 0 aromatic carbocycles. The number of esters is 2. The second kappa shape index (κ2) is 75.9. The van der Waals surface area contributed by atoms with Crippen LogP contribution >= 0.6 is 7.82 Å². The van der Waals surface area contributed by atoms with E-state index >= 15 is 0 Å². The van der Waals surface area contributed by atoms with Crippen molar-refractivity contribution in [1.82, 2.24) is 0 Å². The molecule has 556 valence electrons. The first-order chi connectivity index (χ1) is 47.0. The van der Waals surface area contributed by atoms with Crippen LogP contribution < -0.4 is 4.89 Å². The molecule has 0 spiro atoms. The Morgan fingerprint density at radius 2 is 0.594 bits per heavy atom. The molecule has 2 unspecified atom stereocenters. The third-order valence-corrected chi connectivity index (χ3v) is 18.8. The van der Waals surface area contributed by atoms with Crippen LogP contribution in [0.25, 0.3) is 0 Å². The second-order valence-electron chi connectivity index (χ2n) is 28.4. The highest BCUT2D eigenvalue weighted by atomic mass is 31.2. The first-order valence-electron chi connectivity index (χ1n) is 40.6. The van der Waals surface area contributed by atoms with Gasteiger partial charge in [-0.05, 0) is 83.5 Å². The number of nitrogens with zero attached hydrogens (tertiary/aromatic N) is 1. The molecule has 0 bridgehead atoms. The molecule has 0 aromatic rings. The zero-order chi connectivity index (χ0) is 69.7. The Labute approximate surface area is 595 Å². The Morgan fingerprint density at radius 3 is 0.885 bits per heavy atom. The maximum absolute atomic E-state index is 12.9. The number of likely N-dealkylation sites (N-methyl/N-ethyl adjacent to an activating group) is 1. The summed E-state index contributed by atoms with van der Waals surface area (Å²) in [6, 6.07) is 0. The van der Waals surface area contributed by atoms with Crippen LogP contribution in [0.3, 0.4) is 0 Å². The number of phosphoric ester groups is 1. The number of hydrogen-bond donors (Lipinski definition) is 0. The molecule has 2 atom stereocenters. The molecule has 9 nitrogen and oxygen atoms in total. The van der Waals surface area contributed by atoms with Gasteiger partial charge in [-0.25, -0.2) is 0 Å². The lowest BCUT2D eigenvalue weighted by Crippen LogP contribution is -2.37. The van der Waals surface area contributed by atoms with Crippen molar-refractivity contribution in [2.45, 2.75) is 380 Å². The number of hydrogen-bond acceptors (Lipinski definition) is 8. The fourth-order valence-electron chi connectivity index (χ4n) is 11.7. The van der Waals surface area contributed by atoms with Gasteiger partial charge in [-0.2, -0.15) is 0 Å². The molecule has 0 aliphatic carbocycles. The van der Waals surface area contributed by atoms with Crippen LogP contribution in [0.5, 0.6) is 0 Å². The summed E-state index contributed by atoms with van der Waals surface area (Å²) in [6.07, 6.45) is 108. The van der Waals surface area contributed by atoms with E-state index in [0.717, 1.165) is 103 Å². The number of unbranched alkanes of at least 4 members (excludes halogenated alkanes) is 43. The standard InChI is InChI=1S/C86H154NO8P/c1-6-8-10-12-14-16-18-20-22-24-26-28-30-32-34-36-38-40-41-42-43-44-45-47-49-51-53-55-57-59-61-63-65-67-69-71-73-75-77-79-86(89)95-84(83-94-96(90,91)93-81-80-87(3,4)5)82-92-85(88)78-76-74-72-70-68-66-64-62-60-58-56-54-52-50-48-46-39-37-35-33-31-29-27-25-23-21-19-17-15-13-11-9-7-2/h8,10,14,16,20,22,26,28,32,34,38,40,42-43,45,47,51,53,84H,6-7,9,11-13,15,17-19,21,23-25,27,29-31,33,35-37,39,41,44,46,48-50,52,54-83H2,1-5H3/b10-8-,16-14-,22-20-,28-26-,34-32-,40-38-,43-42-,47-45-,53-51-. The van der Waals surface area contributed by atoms with Crippen molar-refractivity contribution in [1.29, 1.82) is 0 Å². The molecule has 0 aromatic heterocycles. The number of phosphoric acid groups is 1. The van der Waals surface area contributed by atoms with Gasteiger partial charge >= 0.3 is 11.9 Å². The van der Waals surface area contributed by atoms with Crippen LogP contribution in [0.4, 0.5) is 0 Å². The molecular formula is C86H154NO8P. The number of rotatable bonds is 75. The minimum absolute atomic E-state index is 0.0335. The van der Waals surface area contributed by atoms with Crippen molar-refractivity contribution in [3.05, 3.63) is 109 Å². The van der Waals surface area contributed by atoms with Crippen LogP contribution in [-0.4, -0.2) is 70.0 Å². The topological polar surface area (TPSA) is 111 Å². The number of quaternary nitrogens is 1. The summed E-state index contributed by atoms with van der Waals surface area (Å²) in [5, 5.41) is 0. The van der Waals surface area contributed by atoms with Gasteiger partial charge < -0.3 is 27.9 Å². The minimum Gasteiger partial charge on any atom is -0.756 e. The van der Waals surface area contributed by atoms with E-state index in [1.165, 1.54) is 238 Å². The first kappa shape index (κ1) is 92.7. The molecule has 0 fully saturated rings. The van der Waals surface area contributed by atoms with Crippen molar-refractivity contribution in [3.63, 3.8) is 0 Å². The van der Waals surface area contributed by atoms with E-state index in [1.807, 2.05) is 21.1 Å². The Bertz CT molecular complexity index is 1990. The maximum atomic E-state index is 12.9. The third kappa shape index (κ3) is 79.7. The molecule has 0 saturated carbocycles. The number of carbonyl (C=O) groups is 2. The lowest BCUT2D eigenvalue weighted by atomic mass is 10.0. The first-order valence-corrected chi connectivity index (χ1v) is 42.1. The summed E-state index contributed by atoms with van der Waals surface area (Å²) < 4.78 is 34.4. The van der Waals surface area contributed by atoms with E-state index in [2.05, 4.69) is 123 Å². The lowest BCUT2D eigenvalue weighted by molar-refractivity contribution is -0.870. The Morgan fingerprint density at radius 1 is 0.333 bits per heavy atom. The molecule has 0 aliphatic heterocycles. The van der Waals surface area contributed by atoms with Gasteiger partial charge in [0.25, 0.3) is 7.82 Å². The van der Waals surface area contributed by atoms with Gasteiger partial charge in [0.15, 0.2) is 6.10 Å². The third-order valence-electron chi connectivity index (χ3n) is 17.8. The van der Waals surface area contributed by atoms with E-state index in [4.69, 9.17) is 18.5 Å². The largest absolute Gasteiger partial charge is 0.756 e. The van der Waals surface area contributed by atoms with Gasteiger partial charge in [-0.15, -0.1) is 0 Å². The molecule has 96 heavy (non-hydrogen) atoms. The molecule has 0 radical (unpaired) electrons. The van der Waals surface area contributed by atoms with E-state index in [-0.39, 0.29) is 32.0 Å².